The molecule has 7 nitrogen and oxygen atoms in total. The van der Waals surface area contributed by atoms with E-state index in [1.807, 2.05) is 6.92 Å². The van der Waals surface area contributed by atoms with Crippen molar-refractivity contribution in [3.05, 3.63) is 0 Å². The van der Waals surface area contributed by atoms with Crippen LogP contribution in [0, 0.1) is 0 Å². The van der Waals surface area contributed by atoms with Gasteiger partial charge in [-0.3, -0.25) is 0 Å². The lowest BCUT2D eigenvalue weighted by molar-refractivity contribution is -0.257. The summed E-state index contributed by atoms with van der Waals surface area (Å²) in [4.78, 5) is 24.7. The van der Waals surface area contributed by atoms with Crippen LogP contribution in [0.5, 0.6) is 0 Å². The van der Waals surface area contributed by atoms with E-state index in [2.05, 4.69) is 5.32 Å². The number of alkyl carbamates (subject to hydrolysis) is 1. The largest absolute Gasteiger partial charge is 0.462 e. The van der Waals surface area contributed by atoms with Gasteiger partial charge in [0.05, 0.1) is 12.6 Å². The van der Waals surface area contributed by atoms with Gasteiger partial charge < -0.3 is 24.3 Å². The Morgan fingerprint density at radius 2 is 1.50 bits per heavy atom. The van der Waals surface area contributed by atoms with Gasteiger partial charge in [0.25, 0.3) is 5.79 Å². The van der Waals surface area contributed by atoms with Gasteiger partial charge in [-0.15, -0.1) is 0 Å². The van der Waals surface area contributed by atoms with Crippen molar-refractivity contribution < 1.29 is 28.5 Å². The summed E-state index contributed by atoms with van der Waals surface area (Å²) in [5.41, 5.74) is -0.648. The Hall–Kier alpha value is -1.34. The van der Waals surface area contributed by atoms with Crippen LogP contribution in [-0.2, 0) is 23.7 Å². The van der Waals surface area contributed by atoms with Crippen molar-refractivity contribution in [3.63, 3.8) is 0 Å². The van der Waals surface area contributed by atoms with E-state index in [0.29, 0.717) is 12.8 Å². The minimum absolute atomic E-state index is 0.187. The molecule has 0 saturated carbocycles. The number of carbonyl (C=O) groups is 2. The van der Waals surface area contributed by atoms with Crippen LogP contribution in [0.4, 0.5) is 4.79 Å². The smallest absolute Gasteiger partial charge is 0.408 e. The monoisotopic (exact) mass is 347 g/mol. The first kappa shape index (κ1) is 22.7. The fourth-order valence-corrected chi connectivity index (χ4v) is 2.26. The summed E-state index contributed by atoms with van der Waals surface area (Å²) in [5, 5.41) is 2.71. The molecule has 0 spiro atoms. The van der Waals surface area contributed by atoms with Crippen molar-refractivity contribution in [2.24, 2.45) is 0 Å². The van der Waals surface area contributed by atoms with E-state index >= 15 is 0 Å². The summed E-state index contributed by atoms with van der Waals surface area (Å²) in [6.07, 6.45) is 0.550. The highest BCUT2D eigenvalue weighted by atomic mass is 16.7. The van der Waals surface area contributed by atoms with Gasteiger partial charge in [-0.25, -0.2) is 9.59 Å². The van der Waals surface area contributed by atoms with Crippen molar-refractivity contribution in [1.29, 1.82) is 0 Å². The summed E-state index contributed by atoms with van der Waals surface area (Å²) >= 11 is 0. The molecule has 1 N–H and O–H groups in total. The highest BCUT2D eigenvalue weighted by Crippen LogP contribution is 2.25. The van der Waals surface area contributed by atoms with Gasteiger partial charge in [0, 0.05) is 13.2 Å². The molecule has 0 aliphatic heterocycles. The highest BCUT2D eigenvalue weighted by Gasteiger charge is 2.50. The predicted molar refractivity (Wildman–Crippen MR) is 90.7 cm³/mol. The first-order valence-corrected chi connectivity index (χ1v) is 8.61. The molecule has 0 radical (unpaired) electrons. The number of ether oxygens (including phenoxy) is 4. The summed E-state index contributed by atoms with van der Waals surface area (Å²) in [7, 11) is 0. The molecule has 0 aromatic carbocycles. The summed E-state index contributed by atoms with van der Waals surface area (Å²) in [6.45, 7) is 13.1. The Morgan fingerprint density at radius 3 is 1.88 bits per heavy atom. The summed E-state index contributed by atoms with van der Waals surface area (Å²) in [5.74, 6) is -2.34. The molecule has 0 aliphatic rings. The van der Waals surface area contributed by atoms with Gasteiger partial charge in [-0.2, -0.15) is 0 Å². The first-order chi connectivity index (χ1) is 11.2. The minimum Gasteiger partial charge on any atom is -0.462 e. The number of esters is 1. The molecule has 0 aromatic heterocycles. The molecular formula is C17H33NO6. The lowest BCUT2D eigenvalue weighted by Gasteiger charge is -2.37. The molecule has 1 unspecified atom stereocenters. The van der Waals surface area contributed by atoms with Crippen molar-refractivity contribution >= 4 is 12.1 Å². The topological polar surface area (TPSA) is 83.1 Å². The molecule has 24 heavy (non-hydrogen) atoms. The molecule has 1 amide bonds. The Bertz CT molecular complexity index is 385. The third kappa shape index (κ3) is 7.05. The predicted octanol–water partition coefficient (Wildman–Crippen LogP) is 3.01. The van der Waals surface area contributed by atoms with E-state index < -0.39 is 29.5 Å². The molecule has 7 heteroatoms. The molecular weight excluding hydrogens is 314 g/mol. The summed E-state index contributed by atoms with van der Waals surface area (Å²) < 4.78 is 21.8. The molecule has 1 atom stereocenters. The number of rotatable bonds is 10. The molecule has 0 bridgehead atoms. The third-order valence-corrected chi connectivity index (χ3v) is 3.00. The molecule has 0 heterocycles. The van der Waals surface area contributed by atoms with Crippen molar-refractivity contribution in [1.82, 2.24) is 5.32 Å². The maximum atomic E-state index is 12.6. The van der Waals surface area contributed by atoms with E-state index in [1.54, 1.807) is 41.5 Å². The Morgan fingerprint density at radius 1 is 0.958 bits per heavy atom. The van der Waals surface area contributed by atoms with Crippen LogP contribution >= 0.6 is 0 Å². The van der Waals surface area contributed by atoms with Crippen LogP contribution in [-0.4, -0.2) is 49.3 Å². The zero-order chi connectivity index (χ0) is 18.8. The standard InChI is InChI=1S/C17H33NO6/c1-8-12-13(18-15(20)24-16(5,6)7)17(22-10-3,23-11-4)14(19)21-9-2/h13H,8-12H2,1-7H3,(H,18,20). The van der Waals surface area contributed by atoms with E-state index in [9.17, 15) is 9.59 Å². The number of hydrogen-bond acceptors (Lipinski definition) is 6. The van der Waals surface area contributed by atoms with Crippen molar-refractivity contribution in [3.8, 4) is 0 Å². The average molecular weight is 347 g/mol. The maximum Gasteiger partial charge on any atom is 0.408 e. The van der Waals surface area contributed by atoms with E-state index in [0.717, 1.165) is 0 Å². The Labute approximate surface area is 145 Å². The SMILES string of the molecule is CCCC(NC(=O)OC(C)(C)C)C(OCC)(OCC)C(=O)OCC. The molecule has 0 aromatic rings. The fraction of sp³-hybridized carbons (Fsp3) is 0.882. The van der Waals surface area contributed by atoms with Crippen LogP contribution in [0.15, 0.2) is 0 Å². The van der Waals surface area contributed by atoms with Crippen LogP contribution in [0.25, 0.3) is 0 Å². The lowest BCUT2D eigenvalue weighted by atomic mass is 10.0. The van der Waals surface area contributed by atoms with Gasteiger partial charge in [0.1, 0.15) is 5.60 Å². The molecule has 142 valence electrons. The molecule has 0 rings (SSSR count). The van der Waals surface area contributed by atoms with Gasteiger partial charge in [-0.1, -0.05) is 13.3 Å². The zero-order valence-corrected chi connectivity index (χ0v) is 16.1. The first-order valence-electron chi connectivity index (χ1n) is 8.61. The molecule has 0 saturated heterocycles. The normalized spacial score (nSPS) is 13.3. The Balaban J connectivity index is 5.57. The van der Waals surface area contributed by atoms with Crippen molar-refractivity contribution in [2.45, 2.75) is 78.7 Å². The summed E-state index contributed by atoms with van der Waals surface area (Å²) in [6, 6.07) is -0.726. The second-order valence-corrected chi connectivity index (χ2v) is 6.24. The van der Waals surface area contributed by atoms with Gasteiger partial charge in [0.2, 0.25) is 0 Å². The second kappa shape index (κ2) is 10.5. The van der Waals surface area contributed by atoms with Gasteiger partial charge in [0.15, 0.2) is 0 Å². The quantitative estimate of drug-likeness (QED) is 0.483. The minimum atomic E-state index is -1.69. The number of nitrogens with one attached hydrogen (secondary N) is 1. The third-order valence-electron chi connectivity index (χ3n) is 3.00. The van der Waals surface area contributed by atoms with E-state index in [4.69, 9.17) is 18.9 Å². The van der Waals surface area contributed by atoms with Crippen LogP contribution < -0.4 is 5.32 Å². The average Bonchev–Trinajstić information content (AvgIpc) is 2.44. The zero-order valence-electron chi connectivity index (χ0n) is 16.1. The number of amides is 1. The van der Waals surface area contributed by atoms with Gasteiger partial charge >= 0.3 is 12.1 Å². The van der Waals surface area contributed by atoms with Crippen LogP contribution in [0.3, 0.4) is 0 Å². The number of hydrogen-bond donors (Lipinski definition) is 1. The maximum absolute atomic E-state index is 12.6. The molecule has 0 aliphatic carbocycles. The van der Waals surface area contributed by atoms with Gasteiger partial charge in [-0.05, 0) is 48.0 Å². The number of carbonyl (C=O) groups excluding carboxylic acids is 2. The molecule has 0 fully saturated rings. The van der Waals surface area contributed by atoms with E-state index in [1.165, 1.54) is 0 Å². The van der Waals surface area contributed by atoms with Crippen LogP contribution in [0.1, 0.15) is 61.3 Å². The highest BCUT2D eigenvalue weighted by molar-refractivity contribution is 5.80. The van der Waals surface area contributed by atoms with E-state index in [-0.39, 0.29) is 19.8 Å². The Kier molecular flexibility index (Phi) is 9.92. The lowest BCUT2D eigenvalue weighted by Crippen LogP contribution is -2.61. The fourth-order valence-electron chi connectivity index (χ4n) is 2.26. The van der Waals surface area contributed by atoms with Crippen LogP contribution in [0.2, 0.25) is 0 Å². The van der Waals surface area contributed by atoms with Crippen molar-refractivity contribution in [2.75, 3.05) is 19.8 Å². The second-order valence-electron chi connectivity index (χ2n) is 6.24.